The molecule has 0 saturated heterocycles. The zero-order valence-corrected chi connectivity index (χ0v) is 15.0. The van der Waals surface area contributed by atoms with E-state index in [4.69, 9.17) is 9.84 Å². The summed E-state index contributed by atoms with van der Waals surface area (Å²) in [5.41, 5.74) is 1.91. The van der Waals surface area contributed by atoms with Crippen molar-refractivity contribution in [2.24, 2.45) is 0 Å². The summed E-state index contributed by atoms with van der Waals surface area (Å²) in [5, 5.41) is 8.83. The Morgan fingerprint density at radius 1 is 0.846 bits per heavy atom. The Kier molecular flexibility index (Phi) is 11.4. The van der Waals surface area contributed by atoms with Crippen molar-refractivity contribution in [3.63, 3.8) is 0 Å². The van der Waals surface area contributed by atoms with Crippen LogP contribution in [-0.4, -0.2) is 24.2 Å². The zero-order valence-electron chi connectivity index (χ0n) is 15.0. The highest BCUT2D eigenvalue weighted by molar-refractivity contribution is 5.78. The average molecular weight is 358 g/mol. The predicted molar refractivity (Wildman–Crippen MR) is 105 cm³/mol. The lowest BCUT2D eigenvalue weighted by Gasteiger charge is -2.11. The molecule has 2 atom stereocenters. The van der Waals surface area contributed by atoms with Crippen LogP contribution < -0.4 is 0 Å². The lowest BCUT2D eigenvalue weighted by molar-refractivity contribution is -0.142. The third-order valence-electron chi connectivity index (χ3n) is 4.00. The smallest absolute Gasteiger partial charge is 0.313 e. The Morgan fingerprint density at radius 3 is 1.54 bits per heavy atom. The van der Waals surface area contributed by atoms with Crippen LogP contribution in [0.5, 0.6) is 0 Å². The quantitative estimate of drug-likeness (QED) is 0.716. The molecule has 2 unspecified atom stereocenters. The summed E-state index contributed by atoms with van der Waals surface area (Å²) in [4.78, 5) is 22.1. The fraction of sp³-hybridized carbons (Fsp3) is 0.364. The Hall–Kier alpha value is -2.62. The van der Waals surface area contributed by atoms with E-state index in [9.17, 15) is 9.59 Å². The van der Waals surface area contributed by atoms with Crippen LogP contribution in [0.15, 0.2) is 60.7 Å². The van der Waals surface area contributed by atoms with Crippen molar-refractivity contribution in [2.75, 3.05) is 7.11 Å². The van der Waals surface area contributed by atoms with Crippen molar-refractivity contribution in [1.29, 1.82) is 0 Å². The van der Waals surface area contributed by atoms with Crippen LogP contribution in [0.3, 0.4) is 0 Å². The molecule has 0 aromatic heterocycles. The van der Waals surface area contributed by atoms with Gasteiger partial charge in [-0.15, -0.1) is 0 Å². The maximum Gasteiger partial charge on any atom is 0.313 e. The van der Waals surface area contributed by atoms with Crippen LogP contribution in [0.25, 0.3) is 0 Å². The van der Waals surface area contributed by atoms with Gasteiger partial charge in [-0.3, -0.25) is 9.59 Å². The Bertz CT molecular complexity index is 638. The van der Waals surface area contributed by atoms with Crippen molar-refractivity contribution in [1.82, 2.24) is 0 Å². The van der Waals surface area contributed by atoms with Gasteiger partial charge in [0.05, 0.1) is 18.9 Å². The van der Waals surface area contributed by atoms with Gasteiger partial charge in [0.25, 0.3) is 0 Å². The summed E-state index contributed by atoms with van der Waals surface area (Å²) in [6, 6.07) is 19.0. The minimum absolute atomic E-state index is 0. The van der Waals surface area contributed by atoms with Crippen LogP contribution in [-0.2, 0) is 14.3 Å². The zero-order chi connectivity index (χ0) is 18.7. The second-order valence-corrected chi connectivity index (χ2v) is 5.60. The number of rotatable bonds is 6. The van der Waals surface area contributed by atoms with Crippen molar-refractivity contribution in [3.8, 4) is 0 Å². The number of carboxylic acid groups (broad SMARTS) is 1. The second-order valence-electron chi connectivity index (χ2n) is 5.60. The molecule has 0 bridgehead atoms. The summed E-state index contributed by atoms with van der Waals surface area (Å²) < 4.78 is 4.72. The molecule has 2 aromatic carbocycles. The van der Waals surface area contributed by atoms with E-state index in [2.05, 4.69) is 0 Å². The van der Waals surface area contributed by atoms with Crippen molar-refractivity contribution >= 4 is 11.9 Å². The number of methoxy groups -OCH3 is 1. The lowest BCUT2D eigenvalue weighted by Crippen LogP contribution is -2.13. The lowest BCUT2D eigenvalue weighted by atomic mass is 9.97. The monoisotopic (exact) mass is 358 g/mol. The predicted octanol–water partition coefficient (Wildman–Crippen LogP) is 5.25. The largest absolute Gasteiger partial charge is 0.481 e. The Labute approximate surface area is 156 Å². The number of benzene rings is 2. The molecule has 0 amide bonds. The van der Waals surface area contributed by atoms with Crippen molar-refractivity contribution in [2.45, 2.75) is 46.0 Å². The summed E-state index contributed by atoms with van der Waals surface area (Å²) in [6.07, 6.45) is 1.41. The number of hydrogen-bond acceptors (Lipinski definition) is 3. The highest BCUT2D eigenvalue weighted by atomic mass is 16.5. The van der Waals surface area contributed by atoms with E-state index in [1.165, 1.54) is 7.11 Å². The summed E-state index contributed by atoms with van der Waals surface area (Å²) in [5.74, 6) is -1.38. The van der Waals surface area contributed by atoms with Gasteiger partial charge >= 0.3 is 11.9 Å². The SMILES string of the molecule is C.CCC(C(=O)O)c1ccccc1.CCC(C(=O)OC)c1ccccc1. The fourth-order valence-electron chi connectivity index (χ4n) is 2.60. The van der Waals surface area contributed by atoms with Crippen LogP contribution in [0.1, 0.15) is 57.1 Å². The van der Waals surface area contributed by atoms with Gasteiger partial charge in [-0.1, -0.05) is 81.9 Å². The first kappa shape index (κ1) is 23.4. The van der Waals surface area contributed by atoms with E-state index in [0.717, 1.165) is 17.5 Å². The molecule has 4 heteroatoms. The minimum atomic E-state index is -0.747. The first-order valence-electron chi connectivity index (χ1n) is 8.45. The number of aliphatic carboxylic acids is 1. The molecule has 26 heavy (non-hydrogen) atoms. The number of carbonyl (C=O) groups excluding carboxylic acids is 1. The molecule has 0 radical (unpaired) electrons. The van der Waals surface area contributed by atoms with E-state index in [-0.39, 0.29) is 25.2 Å². The fourth-order valence-corrected chi connectivity index (χ4v) is 2.60. The van der Waals surface area contributed by atoms with Crippen LogP contribution >= 0.6 is 0 Å². The van der Waals surface area contributed by atoms with Gasteiger partial charge in [-0.25, -0.2) is 0 Å². The molecule has 0 fully saturated rings. The first-order valence-corrected chi connectivity index (χ1v) is 8.45. The third kappa shape index (κ3) is 7.09. The molecular formula is C22H30O4. The normalized spacial score (nSPS) is 11.8. The number of carboxylic acids is 1. The molecule has 0 heterocycles. The molecule has 0 aliphatic carbocycles. The maximum atomic E-state index is 11.3. The van der Waals surface area contributed by atoms with Gasteiger partial charge in [0.15, 0.2) is 0 Å². The molecule has 1 N–H and O–H groups in total. The number of hydrogen-bond donors (Lipinski definition) is 1. The standard InChI is InChI=1S/C11H14O2.C10H12O2.CH4/c1-3-10(11(12)13-2)9-7-5-4-6-8-9;1-2-9(10(11)12)8-6-4-3-5-7-8;/h4-8,10H,3H2,1-2H3;3-7,9H,2H2,1H3,(H,11,12);1H4. The first-order chi connectivity index (χ1) is 12.0. The Morgan fingerprint density at radius 2 is 1.23 bits per heavy atom. The number of esters is 1. The summed E-state index contributed by atoms with van der Waals surface area (Å²) in [7, 11) is 1.42. The molecule has 0 aliphatic rings. The molecule has 2 aromatic rings. The van der Waals surface area contributed by atoms with Crippen LogP contribution in [0, 0.1) is 0 Å². The average Bonchev–Trinajstić information content (AvgIpc) is 2.65. The Balaban J connectivity index is 0.000000464. The molecule has 142 valence electrons. The summed E-state index contributed by atoms with van der Waals surface area (Å²) >= 11 is 0. The van der Waals surface area contributed by atoms with Crippen molar-refractivity contribution < 1.29 is 19.4 Å². The molecule has 0 aliphatic heterocycles. The van der Waals surface area contributed by atoms with Gasteiger partial charge in [0.1, 0.15) is 0 Å². The number of ether oxygens (including phenoxy) is 1. The van der Waals surface area contributed by atoms with Crippen LogP contribution in [0.4, 0.5) is 0 Å². The molecule has 0 saturated carbocycles. The molecule has 2 rings (SSSR count). The summed E-state index contributed by atoms with van der Waals surface area (Å²) in [6.45, 7) is 3.86. The van der Waals surface area contributed by atoms with Gasteiger partial charge in [-0.05, 0) is 24.0 Å². The van der Waals surface area contributed by atoms with Gasteiger partial charge in [0, 0.05) is 0 Å². The van der Waals surface area contributed by atoms with E-state index < -0.39 is 5.97 Å². The van der Waals surface area contributed by atoms with E-state index in [0.29, 0.717) is 6.42 Å². The molecular weight excluding hydrogens is 328 g/mol. The minimum Gasteiger partial charge on any atom is -0.481 e. The highest BCUT2D eigenvalue weighted by Crippen LogP contribution is 2.20. The van der Waals surface area contributed by atoms with E-state index >= 15 is 0 Å². The van der Waals surface area contributed by atoms with E-state index in [1.54, 1.807) is 0 Å². The van der Waals surface area contributed by atoms with Gasteiger partial charge in [0.2, 0.25) is 0 Å². The number of carbonyl (C=O) groups is 2. The van der Waals surface area contributed by atoms with Gasteiger partial charge in [-0.2, -0.15) is 0 Å². The third-order valence-corrected chi connectivity index (χ3v) is 4.00. The van der Waals surface area contributed by atoms with Crippen molar-refractivity contribution in [3.05, 3.63) is 71.8 Å². The molecule has 4 nitrogen and oxygen atoms in total. The van der Waals surface area contributed by atoms with E-state index in [1.807, 2.05) is 74.5 Å². The topological polar surface area (TPSA) is 63.6 Å². The van der Waals surface area contributed by atoms with Crippen LogP contribution in [0.2, 0.25) is 0 Å². The highest BCUT2D eigenvalue weighted by Gasteiger charge is 2.18. The van der Waals surface area contributed by atoms with Gasteiger partial charge < -0.3 is 9.84 Å². The second kappa shape index (κ2) is 12.7. The maximum absolute atomic E-state index is 11.3. The molecule has 0 spiro atoms.